The SMILES string of the molecule is C=C1[C@H](CCOC(=O)C(C)(C)C)O[C@H](C[C@H](C)CC)[C@@H]1C.CC[C@@H](C)C[C@H]1O[C@@H](CCOC(=O)C(C)(C)C)C(=O)[C@H]1C. The number of carbonyl (C=O) groups excluding carboxylic acids is 3. The molecule has 2 rings (SSSR count). The molecule has 7 heteroatoms. The van der Waals surface area contributed by atoms with Crippen LogP contribution < -0.4 is 0 Å². The van der Waals surface area contributed by atoms with E-state index in [4.69, 9.17) is 18.9 Å². The fraction of sp³-hybridized carbons (Fsp3) is 0.857. The zero-order valence-electron chi connectivity index (χ0n) is 28.8. The highest BCUT2D eigenvalue weighted by Gasteiger charge is 2.40. The standard InChI is InChI=1S/C18H32O3.C17H30O4/c1-8-12(2)11-16-14(4)13(3)15(21-16)9-10-20-17(19)18(5,6)7;1-7-11(2)10-14-12(3)15(18)13(21-14)8-9-20-16(19)17(4,5)6/h12,14-16H,3,8-11H2,1-2,4-7H3;11-14H,7-10H2,1-6H3/t12-,14-,15+,16-;11-,12+,13+,14-/m11/s1. The molecule has 0 aromatic carbocycles. The van der Waals surface area contributed by atoms with Gasteiger partial charge in [0.1, 0.15) is 6.10 Å². The minimum Gasteiger partial charge on any atom is -0.465 e. The third-order valence-electron chi connectivity index (χ3n) is 8.67. The number of carbonyl (C=O) groups is 3. The first-order chi connectivity index (χ1) is 19.3. The minimum atomic E-state index is -0.507. The number of ketones is 1. The van der Waals surface area contributed by atoms with Crippen molar-refractivity contribution < 1.29 is 33.3 Å². The summed E-state index contributed by atoms with van der Waals surface area (Å²) in [4.78, 5) is 35.6. The van der Waals surface area contributed by atoms with E-state index in [1.165, 1.54) is 6.42 Å². The largest absolute Gasteiger partial charge is 0.465 e. The molecule has 7 nitrogen and oxygen atoms in total. The number of esters is 2. The van der Waals surface area contributed by atoms with E-state index in [2.05, 4.69) is 41.2 Å². The molecular formula is C35H62O7. The summed E-state index contributed by atoms with van der Waals surface area (Å²) < 4.78 is 22.6. The second kappa shape index (κ2) is 16.9. The summed E-state index contributed by atoms with van der Waals surface area (Å²) >= 11 is 0. The quantitative estimate of drug-likeness (QED) is 0.169. The highest BCUT2D eigenvalue weighted by atomic mass is 16.5. The molecule has 2 aliphatic heterocycles. The van der Waals surface area contributed by atoms with Crippen LogP contribution in [0.1, 0.15) is 122 Å². The van der Waals surface area contributed by atoms with Crippen LogP contribution in [-0.2, 0) is 33.3 Å². The van der Waals surface area contributed by atoms with E-state index in [-0.39, 0.29) is 48.6 Å². The molecule has 2 heterocycles. The van der Waals surface area contributed by atoms with Crippen LogP contribution in [0.15, 0.2) is 12.2 Å². The van der Waals surface area contributed by atoms with Crippen molar-refractivity contribution in [2.24, 2.45) is 34.5 Å². The van der Waals surface area contributed by atoms with Gasteiger partial charge in [0.15, 0.2) is 5.78 Å². The second-order valence-corrected chi connectivity index (χ2v) is 14.7. The molecule has 2 aliphatic rings. The third-order valence-corrected chi connectivity index (χ3v) is 8.67. The average molecular weight is 595 g/mol. The molecule has 0 aromatic heterocycles. The molecule has 8 atom stereocenters. The fourth-order valence-corrected chi connectivity index (χ4v) is 4.88. The Morgan fingerprint density at radius 1 is 0.762 bits per heavy atom. The molecular weight excluding hydrogens is 532 g/mol. The van der Waals surface area contributed by atoms with Gasteiger partial charge in [-0.05, 0) is 71.8 Å². The summed E-state index contributed by atoms with van der Waals surface area (Å²) in [6.07, 6.45) is 5.32. The molecule has 0 radical (unpaired) electrons. The molecule has 2 saturated heterocycles. The predicted molar refractivity (Wildman–Crippen MR) is 168 cm³/mol. The van der Waals surface area contributed by atoms with E-state index in [1.807, 2.05) is 48.5 Å². The van der Waals surface area contributed by atoms with Gasteiger partial charge in [0.25, 0.3) is 0 Å². The molecule has 244 valence electrons. The number of hydrogen-bond acceptors (Lipinski definition) is 7. The Morgan fingerprint density at radius 2 is 1.14 bits per heavy atom. The van der Waals surface area contributed by atoms with Crippen LogP contribution >= 0.6 is 0 Å². The van der Waals surface area contributed by atoms with Crippen molar-refractivity contribution in [1.82, 2.24) is 0 Å². The first kappa shape index (κ1) is 38.3. The Kier molecular flexibility index (Phi) is 15.4. The average Bonchev–Trinajstić information content (AvgIpc) is 3.32. The van der Waals surface area contributed by atoms with E-state index in [0.29, 0.717) is 37.2 Å². The van der Waals surface area contributed by atoms with Gasteiger partial charge in [0.05, 0.1) is 42.4 Å². The van der Waals surface area contributed by atoms with Crippen LogP contribution in [0.4, 0.5) is 0 Å². The highest BCUT2D eigenvalue weighted by Crippen LogP contribution is 2.36. The minimum absolute atomic E-state index is 0.00997. The van der Waals surface area contributed by atoms with E-state index in [1.54, 1.807) is 0 Å². The number of rotatable bonds is 12. The Labute approximate surface area is 256 Å². The van der Waals surface area contributed by atoms with Crippen LogP contribution in [0.5, 0.6) is 0 Å². The number of hydrogen-bond donors (Lipinski definition) is 0. The summed E-state index contributed by atoms with van der Waals surface area (Å²) in [7, 11) is 0. The Hall–Kier alpha value is -1.73. The van der Waals surface area contributed by atoms with Gasteiger partial charge in [-0.2, -0.15) is 0 Å². The Balaban J connectivity index is 0.000000420. The van der Waals surface area contributed by atoms with Crippen molar-refractivity contribution in [3.05, 3.63) is 12.2 Å². The van der Waals surface area contributed by atoms with Crippen LogP contribution in [0, 0.1) is 34.5 Å². The summed E-state index contributed by atoms with van der Waals surface area (Å²) in [6, 6.07) is 0. The van der Waals surface area contributed by atoms with Gasteiger partial charge in [-0.25, -0.2) is 0 Å². The summed E-state index contributed by atoms with van der Waals surface area (Å²) in [5.74, 6) is 1.32. The molecule has 0 aliphatic carbocycles. The predicted octanol–water partition coefficient (Wildman–Crippen LogP) is 7.74. The van der Waals surface area contributed by atoms with Gasteiger partial charge >= 0.3 is 11.9 Å². The van der Waals surface area contributed by atoms with Gasteiger partial charge in [0, 0.05) is 24.7 Å². The summed E-state index contributed by atoms with van der Waals surface area (Å²) in [5.41, 5.74) is 0.197. The van der Waals surface area contributed by atoms with Gasteiger partial charge in [-0.1, -0.05) is 61.0 Å². The van der Waals surface area contributed by atoms with Crippen molar-refractivity contribution in [3.8, 4) is 0 Å². The Bertz CT molecular complexity index is 809. The lowest BCUT2D eigenvalue weighted by Gasteiger charge is -2.19. The second-order valence-electron chi connectivity index (χ2n) is 14.7. The highest BCUT2D eigenvalue weighted by molar-refractivity contribution is 5.87. The first-order valence-electron chi connectivity index (χ1n) is 16.2. The van der Waals surface area contributed by atoms with E-state index in [0.717, 1.165) is 24.8 Å². The first-order valence-corrected chi connectivity index (χ1v) is 16.2. The lowest BCUT2D eigenvalue weighted by molar-refractivity contribution is -0.154. The molecule has 0 N–H and O–H groups in total. The number of Topliss-reactive ketones (excluding diaryl/α,β-unsaturated/α-hetero) is 1. The van der Waals surface area contributed by atoms with Gasteiger partial charge in [-0.15, -0.1) is 0 Å². The Morgan fingerprint density at radius 3 is 1.55 bits per heavy atom. The normalized spacial score (nSPS) is 27.7. The monoisotopic (exact) mass is 594 g/mol. The lowest BCUT2D eigenvalue weighted by atomic mass is 9.90. The number of ether oxygens (including phenoxy) is 4. The maximum Gasteiger partial charge on any atom is 0.311 e. The molecule has 0 saturated carbocycles. The zero-order chi connectivity index (χ0) is 32.4. The van der Waals surface area contributed by atoms with E-state index < -0.39 is 16.9 Å². The lowest BCUT2D eigenvalue weighted by Crippen LogP contribution is -2.26. The molecule has 0 unspecified atom stereocenters. The molecule has 0 amide bonds. The maximum atomic E-state index is 12.2. The third kappa shape index (κ3) is 12.1. The van der Waals surface area contributed by atoms with Crippen LogP contribution in [0.2, 0.25) is 0 Å². The van der Waals surface area contributed by atoms with Crippen molar-refractivity contribution >= 4 is 17.7 Å². The molecule has 0 bridgehead atoms. The summed E-state index contributed by atoms with van der Waals surface area (Å²) in [6.45, 7) is 28.8. The van der Waals surface area contributed by atoms with Crippen molar-refractivity contribution in [2.75, 3.05) is 13.2 Å². The topological polar surface area (TPSA) is 88.1 Å². The van der Waals surface area contributed by atoms with Crippen LogP contribution in [-0.4, -0.2) is 55.4 Å². The van der Waals surface area contributed by atoms with Crippen LogP contribution in [0.25, 0.3) is 0 Å². The van der Waals surface area contributed by atoms with Crippen molar-refractivity contribution in [2.45, 2.75) is 146 Å². The van der Waals surface area contributed by atoms with Crippen LogP contribution in [0.3, 0.4) is 0 Å². The fourth-order valence-electron chi connectivity index (χ4n) is 4.88. The molecule has 42 heavy (non-hydrogen) atoms. The molecule has 0 spiro atoms. The smallest absolute Gasteiger partial charge is 0.311 e. The summed E-state index contributed by atoms with van der Waals surface area (Å²) in [5, 5.41) is 0. The molecule has 0 aromatic rings. The van der Waals surface area contributed by atoms with Crippen molar-refractivity contribution in [3.63, 3.8) is 0 Å². The maximum absolute atomic E-state index is 12.2. The van der Waals surface area contributed by atoms with Crippen molar-refractivity contribution in [1.29, 1.82) is 0 Å². The van der Waals surface area contributed by atoms with E-state index >= 15 is 0 Å². The van der Waals surface area contributed by atoms with Gasteiger partial charge < -0.3 is 18.9 Å². The van der Waals surface area contributed by atoms with Gasteiger partial charge in [0.2, 0.25) is 0 Å². The van der Waals surface area contributed by atoms with E-state index in [9.17, 15) is 14.4 Å². The molecule has 2 fully saturated rings. The van der Waals surface area contributed by atoms with Gasteiger partial charge in [-0.3, -0.25) is 14.4 Å². The zero-order valence-corrected chi connectivity index (χ0v) is 28.8.